The number of esters is 1. The zero-order chi connectivity index (χ0) is 41.4. The predicted molar refractivity (Wildman–Crippen MR) is 218 cm³/mol. The van der Waals surface area contributed by atoms with E-state index in [0.29, 0.717) is 25.3 Å². The van der Waals surface area contributed by atoms with E-state index >= 15 is 0 Å². The van der Waals surface area contributed by atoms with Gasteiger partial charge in [0.1, 0.15) is 22.2 Å². The van der Waals surface area contributed by atoms with Crippen molar-refractivity contribution in [1.82, 2.24) is 28.5 Å². The van der Waals surface area contributed by atoms with Crippen molar-refractivity contribution in [3.8, 4) is 16.6 Å². The smallest absolute Gasteiger partial charge is 0.307 e. The molecular weight excluding hydrogens is 769 g/mol. The molecule has 1 aromatic carbocycles. The Hall–Kier alpha value is -4.15. The second kappa shape index (κ2) is 16.6. The van der Waals surface area contributed by atoms with Crippen molar-refractivity contribution in [2.45, 2.75) is 123 Å². The van der Waals surface area contributed by atoms with Crippen LogP contribution in [0.2, 0.25) is 0 Å². The van der Waals surface area contributed by atoms with Crippen molar-refractivity contribution in [2.24, 2.45) is 17.3 Å². The zero-order valence-electron chi connectivity index (χ0n) is 34.2. The van der Waals surface area contributed by atoms with Gasteiger partial charge in [0.2, 0.25) is 11.8 Å². The SMILES string of the molecule is Cc1cnc(-c2cccc3c2nc(O[C@@H]2C[C@H]4C(=O)C[C@]5(C(=O)NS(=O)(=O)N(C)C)C[C@@H]5/C=C\CCCCC[C@H](CC(=O)OC(C)(C)C)C(=O)N4C2)n3C(C)C)s1. The monoisotopic (exact) mass is 824 g/mol. The molecule has 1 N–H and O–H groups in total. The van der Waals surface area contributed by atoms with Gasteiger partial charge in [-0.05, 0) is 85.3 Å². The average molecular weight is 825 g/mol. The molecule has 5 atom stereocenters. The number of para-hydroxylation sites is 1. The molecule has 1 saturated carbocycles. The van der Waals surface area contributed by atoms with Gasteiger partial charge in [0.05, 0.1) is 29.9 Å². The molecule has 57 heavy (non-hydrogen) atoms. The number of ether oxygens (including phenoxy) is 2. The molecule has 2 aliphatic heterocycles. The van der Waals surface area contributed by atoms with Gasteiger partial charge in [-0.3, -0.25) is 23.7 Å². The summed E-state index contributed by atoms with van der Waals surface area (Å²) >= 11 is 1.57. The number of amides is 2. The Morgan fingerprint density at radius 3 is 2.56 bits per heavy atom. The van der Waals surface area contributed by atoms with Crippen molar-refractivity contribution in [3.05, 3.63) is 41.4 Å². The highest BCUT2D eigenvalue weighted by molar-refractivity contribution is 7.87. The number of allylic oxidation sites excluding steroid dienone is 2. The molecule has 2 amide bonds. The van der Waals surface area contributed by atoms with Crippen LogP contribution < -0.4 is 9.46 Å². The summed E-state index contributed by atoms with van der Waals surface area (Å²) < 4.78 is 43.0. The number of rotatable bonds is 9. The van der Waals surface area contributed by atoms with E-state index in [0.717, 1.165) is 50.0 Å². The van der Waals surface area contributed by atoms with E-state index in [2.05, 4.69) is 9.71 Å². The molecule has 14 nitrogen and oxygen atoms in total. The van der Waals surface area contributed by atoms with E-state index in [1.54, 1.807) is 32.1 Å². The summed E-state index contributed by atoms with van der Waals surface area (Å²) in [7, 11) is -1.48. The summed E-state index contributed by atoms with van der Waals surface area (Å²) in [5, 5.41) is 0.835. The number of nitrogens with one attached hydrogen (secondary N) is 1. The van der Waals surface area contributed by atoms with Crippen LogP contribution in [-0.2, 0) is 34.1 Å². The summed E-state index contributed by atoms with van der Waals surface area (Å²) in [6, 6.07) is 5.22. The van der Waals surface area contributed by atoms with Crippen molar-refractivity contribution in [2.75, 3.05) is 20.6 Å². The summed E-state index contributed by atoms with van der Waals surface area (Å²) in [6.07, 6.45) is 8.57. The van der Waals surface area contributed by atoms with Gasteiger partial charge < -0.3 is 14.4 Å². The zero-order valence-corrected chi connectivity index (χ0v) is 35.9. The molecule has 2 aromatic heterocycles. The maximum atomic E-state index is 14.7. The maximum absolute atomic E-state index is 14.7. The molecule has 1 aliphatic carbocycles. The van der Waals surface area contributed by atoms with Crippen molar-refractivity contribution in [3.63, 3.8) is 0 Å². The standard InChI is InChI=1S/C41H56N6O8S2/c1-25(2)47-31-18-14-17-30(36-42-23-26(3)56-36)35(31)43-39(47)54-29-20-32-33(48)22-41(38(51)44-57(52,53)45(7)8)21-28(41)16-13-11-9-10-12-15-27(37(50)46(32)24-29)19-34(49)55-40(4,5)6/h13-14,16-18,23,25,27-29,32H,9-12,15,19-22,24H2,1-8H3,(H,44,51)/b16-13-/t27-,28+,29-,32+,41-/m1/s1. The number of benzene rings is 1. The molecular formula is C41H56N6O8S2. The lowest BCUT2D eigenvalue weighted by molar-refractivity contribution is -0.159. The van der Waals surface area contributed by atoms with E-state index in [1.807, 2.05) is 61.9 Å². The van der Waals surface area contributed by atoms with Gasteiger partial charge in [0, 0.05) is 55.5 Å². The highest BCUT2D eigenvalue weighted by Crippen LogP contribution is 2.57. The summed E-state index contributed by atoms with van der Waals surface area (Å²) in [6.45, 7) is 11.4. The minimum Gasteiger partial charge on any atom is -0.460 e. The summed E-state index contributed by atoms with van der Waals surface area (Å²) in [5.41, 5.74) is 0.416. The lowest BCUT2D eigenvalue weighted by Crippen LogP contribution is -2.47. The van der Waals surface area contributed by atoms with Crippen LogP contribution in [-0.4, -0.2) is 94.1 Å². The van der Waals surface area contributed by atoms with Gasteiger partial charge in [0.25, 0.3) is 6.01 Å². The number of nitrogens with zero attached hydrogens (tertiary/aromatic N) is 5. The normalized spacial score (nSPS) is 25.5. The van der Waals surface area contributed by atoms with E-state index < -0.39 is 51.2 Å². The third-order valence-electron chi connectivity index (χ3n) is 11.0. The number of imidazole rings is 1. The maximum Gasteiger partial charge on any atom is 0.307 e. The van der Waals surface area contributed by atoms with Crippen LogP contribution in [0.5, 0.6) is 6.01 Å². The summed E-state index contributed by atoms with van der Waals surface area (Å²) in [5.74, 6) is -3.04. The minimum atomic E-state index is -4.13. The van der Waals surface area contributed by atoms with Gasteiger partial charge in [0.15, 0.2) is 5.78 Å². The Morgan fingerprint density at radius 1 is 1.14 bits per heavy atom. The molecule has 310 valence electrons. The van der Waals surface area contributed by atoms with Crippen molar-refractivity contribution in [1.29, 1.82) is 0 Å². The average Bonchev–Trinajstić information content (AvgIpc) is 3.42. The van der Waals surface area contributed by atoms with Gasteiger partial charge in [-0.15, -0.1) is 11.3 Å². The van der Waals surface area contributed by atoms with Crippen LogP contribution in [0.15, 0.2) is 36.5 Å². The lowest BCUT2D eigenvalue weighted by Gasteiger charge is -2.29. The minimum absolute atomic E-state index is 0.0525. The predicted octanol–water partition coefficient (Wildman–Crippen LogP) is 6.15. The van der Waals surface area contributed by atoms with Crippen LogP contribution in [0, 0.1) is 24.2 Å². The molecule has 1 saturated heterocycles. The van der Waals surface area contributed by atoms with Gasteiger partial charge in [-0.1, -0.05) is 31.1 Å². The molecule has 2 fully saturated rings. The lowest BCUT2D eigenvalue weighted by atomic mass is 9.90. The molecule has 0 unspecified atom stereocenters. The summed E-state index contributed by atoms with van der Waals surface area (Å²) in [4.78, 5) is 68.5. The van der Waals surface area contributed by atoms with Gasteiger partial charge in [-0.2, -0.15) is 17.7 Å². The largest absolute Gasteiger partial charge is 0.460 e. The molecule has 6 rings (SSSR count). The first-order chi connectivity index (χ1) is 26.8. The third-order valence-corrected chi connectivity index (χ3v) is 13.3. The van der Waals surface area contributed by atoms with Crippen LogP contribution >= 0.6 is 11.3 Å². The van der Waals surface area contributed by atoms with E-state index in [9.17, 15) is 27.6 Å². The fourth-order valence-corrected chi connectivity index (χ4v) is 9.41. The fraction of sp³-hybridized carbons (Fsp3) is 0.610. The molecule has 0 radical (unpaired) electrons. The third kappa shape index (κ3) is 9.44. The Kier molecular flexibility index (Phi) is 12.4. The second-order valence-corrected chi connectivity index (χ2v) is 20.3. The Morgan fingerprint density at radius 2 is 1.89 bits per heavy atom. The highest BCUT2D eigenvalue weighted by Gasteiger charge is 2.61. The number of ketones is 1. The van der Waals surface area contributed by atoms with Crippen LogP contribution in [0.3, 0.4) is 0 Å². The Labute approximate surface area is 339 Å². The Balaban J connectivity index is 1.36. The van der Waals surface area contributed by atoms with Gasteiger partial charge >= 0.3 is 16.2 Å². The van der Waals surface area contributed by atoms with Crippen molar-refractivity contribution < 1.29 is 37.1 Å². The number of hydrogen-bond acceptors (Lipinski definition) is 11. The molecule has 4 heterocycles. The van der Waals surface area contributed by atoms with Crippen LogP contribution in [0.1, 0.15) is 103 Å². The highest BCUT2D eigenvalue weighted by atomic mass is 32.2. The first-order valence-electron chi connectivity index (χ1n) is 19.9. The number of aryl methyl sites for hydroxylation is 1. The number of Topliss-reactive ketones (excluding diaryl/α,β-unsaturated/α-hetero) is 1. The molecule has 3 aromatic rings. The number of fused-ring (bicyclic) bond motifs is 3. The quantitative estimate of drug-likeness (QED) is 0.195. The van der Waals surface area contributed by atoms with E-state index in [-0.39, 0.29) is 49.5 Å². The number of hydrogen-bond donors (Lipinski definition) is 1. The Bertz CT molecular complexity index is 2150. The van der Waals surface area contributed by atoms with E-state index in [4.69, 9.17) is 14.5 Å². The topological polar surface area (TPSA) is 170 Å². The molecule has 3 aliphatic rings. The van der Waals surface area contributed by atoms with Crippen LogP contribution in [0.25, 0.3) is 21.6 Å². The molecule has 0 spiro atoms. The molecule has 0 bridgehead atoms. The van der Waals surface area contributed by atoms with Crippen molar-refractivity contribution >= 4 is 56.1 Å². The number of aromatic nitrogens is 3. The fourth-order valence-electron chi connectivity index (χ4n) is 8.00. The second-order valence-electron chi connectivity index (χ2n) is 17.2. The number of carbonyl (C=O) groups excluding carboxylic acids is 4. The number of carbonyl (C=O) groups is 4. The van der Waals surface area contributed by atoms with Gasteiger partial charge in [-0.25, -0.2) is 9.71 Å². The van der Waals surface area contributed by atoms with E-state index in [1.165, 1.54) is 19.0 Å². The number of thiazole rings is 1. The first-order valence-corrected chi connectivity index (χ1v) is 22.1. The van der Waals surface area contributed by atoms with Crippen LogP contribution in [0.4, 0.5) is 0 Å². The first kappa shape index (κ1) is 42.5. The molecule has 16 heteroatoms.